The third-order valence-corrected chi connectivity index (χ3v) is 5.73. The van der Waals surface area contributed by atoms with Crippen LogP contribution in [0.4, 0.5) is 18.9 Å². The molecule has 0 fully saturated rings. The van der Waals surface area contributed by atoms with Crippen LogP contribution in [-0.4, -0.2) is 28.1 Å². The molecule has 0 amide bonds. The predicted octanol–water partition coefficient (Wildman–Crippen LogP) is 4.14. The normalized spacial score (nSPS) is 11.9. The van der Waals surface area contributed by atoms with Gasteiger partial charge in [-0.2, -0.15) is 13.2 Å². The van der Waals surface area contributed by atoms with Gasteiger partial charge in [-0.15, -0.1) is 11.3 Å². The van der Waals surface area contributed by atoms with Crippen LogP contribution in [0.1, 0.15) is 28.6 Å². The molecular formula is C16H16F3NO5S2. The first-order valence-electron chi connectivity index (χ1n) is 7.62. The molecule has 11 heteroatoms. The average Bonchev–Trinajstić information content (AvgIpc) is 3.09. The van der Waals surface area contributed by atoms with Crippen LogP contribution < -0.4 is 9.46 Å². The maximum Gasteiger partial charge on any atom is 0.416 e. The Morgan fingerprint density at radius 3 is 2.56 bits per heavy atom. The first-order valence-corrected chi connectivity index (χ1v) is 9.99. The van der Waals surface area contributed by atoms with Gasteiger partial charge in [0.15, 0.2) is 0 Å². The summed E-state index contributed by atoms with van der Waals surface area (Å²) in [6, 6.07) is 3.66. The molecule has 0 unspecified atom stereocenters. The van der Waals surface area contributed by atoms with E-state index in [0.29, 0.717) is 12.5 Å². The van der Waals surface area contributed by atoms with Crippen molar-refractivity contribution in [2.24, 2.45) is 0 Å². The fraction of sp³-hybridized carbons (Fsp3) is 0.312. The zero-order valence-electron chi connectivity index (χ0n) is 14.3. The van der Waals surface area contributed by atoms with E-state index < -0.39 is 32.6 Å². The summed E-state index contributed by atoms with van der Waals surface area (Å²) in [5, 5.41) is 1.36. The van der Waals surface area contributed by atoms with Crippen molar-refractivity contribution in [3.8, 4) is 5.75 Å². The smallest absolute Gasteiger partial charge is 0.416 e. The number of thiophene rings is 1. The van der Waals surface area contributed by atoms with Crippen molar-refractivity contribution >= 4 is 33.0 Å². The lowest BCUT2D eigenvalue weighted by atomic mass is 10.2. The summed E-state index contributed by atoms with van der Waals surface area (Å²) in [6.07, 6.45) is -4.09. The van der Waals surface area contributed by atoms with Crippen molar-refractivity contribution < 1.29 is 35.9 Å². The molecule has 1 aromatic heterocycles. The van der Waals surface area contributed by atoms with Gasteiger partial charge in [0, 0.05) is 0 Å². The maximum atomic E-state index is 13.0. The summed E-state index contributed by atoms with van der Waals surface area (Å²) >= 11 is 0.840. The fourth-order valence-electron chi connectivity index (χ4n) is 2.07. The number of alkyl halides is 3. The molecule has 0 bridgehead atoms. The molecule has 6 nitrogen and oxygen atoms in total. The quantitative estimate of drug-likeness (QED) is 0.677. The highest BCUT2D eigenvalue weighted by atomic mass is 32.2. The summed E-state index contributed by atoms with van der Waals surface area (Å²) in [5.74, 6) is -0.917. The number of hydrogen-bond donors (Lipinski definition) is 1. The largest absolute Gasteiger partial charge is 0.491 e. The second-order valence-electron chi connectivity index (χ2n) is 5.27. The summed E-state index contributed by atoms with van der Waals surface area (Å²) in [7, 11) is -3.26. The monoisotopic (exact) mass is 423 g/mol. The Bertz CT molecular complexity index is 922. The van der Waals surface area contributed by atoms with E-state index in [2.05, 4.69) is 9.46 Å². The van der Waals surface area contributed by atoms with Crippen molar-refractivity contribution in [3.05, 3.63) is 40.1 Å². The number of ether oxygens (including phenoxy) is 2. The number of anilines is 1. The number of halogens is 3. The highest BCUT2D eigenvalue weighted by Gasteiger charge is 2.32. The van der Waals surface area contributed by atoms with E-state index in [9.17, 15) is 26.4 Å². The molecule has 0 radical (unpaired) electrons. The molecule has 1 N–H and O–H groups in total. The molecular weight excluding hydrogens is 407 g/mol. The van der Waals surface area contributed by atoms with Gasteiger partial charge in [-0.3, -0.25) is 4.72 Å². The lowest BCUT2D eigenvalue weighted by Crippen LogP contribution is -2.17. The summed E-state index contributed by atoms with van der Waals surface area (Å²) in [6.45, 7) is 1.98. The van der Waals surface area contributed by atoms with Gasteiger partial charge in [-0.1, -0.05) is 6.92 Å². The number of rotatable bonds is 7. The zero-order chi connectivity index (χ0) is 20.2. The van der Waals surface area contributed by atoms with Gasteiger partial charge in [-0.25, -0.2) is 13.2 Å². The molecule has 0 aliphatic heterocycles. The van der Waals surface area contributed by atoms with Crippen molar-refractivity contribution in [2.75, 3.05) is 18.4 Å². The van der Waals surface area contributed by atoms with E-state index in [1.165, 1.54) is 11.4 Å². The number of carbonyl (C=O) groups excluding carboxylic acids is 1. The van der Waals surface area contributed by atoms with Gasteiger partial charge < -0.3 is 9.47 Å². The molecule has 1 heterocycles. The van der Waals surface area contributed by atoms with Crippen LogP contribution in [0.2, 0.25) is 0 Å². The molecule has 1 aromatic carbocycles. The SMILES string of the molecule is CCCOc1ccc(C(F)(F)F)cc1NS(=O)(=O)c1ccsc1C(=O)OC. The number of benzene rings is 1. The van der Waals surface area contributed by atoms with Crippen LogP contribution in [0.15, 0.2) is 34.5 Å². The molecule has 27 heavy (non-hydrogen) atoms. The van der Waals surface area contributed by atoms with E-state index in [1.54, 1.807) is 6.92 Å². The minimum absolute atomic E-state index is 0.0525. The van der Waals surface area contributed by atoms with Gasteiger partial charge in [0.25, 0.3) is 10.0 Å². The Kier molecular flexibility index (Phi) is 6.37. The van der Waals surface area contributed by atoms with Gasteiger partial charge in [0.2, 0.25) is 0 Å². The minimum atomic E-state index is -4.66. The Labute approximate surface area is 158 Å². The molecule has 0 saturated carbocycles. The summed E-state index contributed by atoms with van der Waals surface area (Å²) in [5.41, 5.74) is -1.41. The van der Waals surface area contributed by atoms with E-state index in [0.717, 1.165) is 30.6 Å². The van der Waals surface area contributed by atoms with E-state index in [4.69, 9.17) is 4.74 Å². The molecule has 0 atom stereocenters. The van der Waals surface area contributed by atoms with Crippen LogP contribution in [-0.2, 0) is 20.9 Å². The van der Waals surface area contributed by atoms with Crippen LogP contribution in [0.3, 0.4) is 0 Å². The van der Waals surface area contributed by atoms with Crippen molar-refractivity contribution in [3.63, 3.8) is 0 Å². The molecule has 0 spiro atoms. The number of sulfonamides is 1. The maximum absolute atomic E-state index is 13.0. The standard InChI is InChI=1S/C16H16F3NO5S2/c1-3-7-25-12-5-4-10(16(17,18)19)9-11(12)20-27(22,23)13-6-8-26-14(13)15(21)24-2/h4-6,8-9,20H,3,7H2,1-2H3. The number of methoxy groups -OCH3 is 1. The van der Waals surface area contributed by atoms with Gasteiger partial charge in [0.05, 0.1) is 25.0 Å². The molecule has 148 valence electrons. The number of esters is 1. The van der Waals surface area contributed by atoms with Crippen LogP contribution in [0, 0.1) is 0 Å². The van der Waals surface area contributed by atoms with Gasteiger partial charge in [-0.05, 0) is 36.1 Å². The third-order valence-electron chi connectivity index (χ3n) is 3.30. The minimum Gasteiger partial charge on any atom is -0.491 e. The average molecular weight is 423 g/mol. The Morgan fingerprint density at radius 1 is 1.26 bits per heavy atom. The van der Waals surface area contributed by atoms with Gasteiger partial charge in [0.1, 0.15) is 15.5 Å². The Morgan fingerprint density at radius 2 is 1.96 bits per heavy atom. The first kappa shape index (κ1) is 21.0. The number of nitrogens with one attached hydrogen (secondary N) is 1. The van der Waals surface area contributed by atoms with Crippen LogP contribution in [0.25, 0.3) is 0 Å². The van der Waals surface area contributed by atoms with E-state index in [1.807, 2.05) is 0 Å². The Hall–Kier alpha value is -2.27. The second-order valence-corrected chi connectivity index (χ2v) is 7.84. The van der Waals surface area contributed by atoms with Crippen molar-refractivity contribution in [2.45, 2.75) is 24.4 Å². The predicted molar refractivity (Wildman–Crippen MR) is 93.7 cm³/mol. The summed E-state index contributed by atoms with van der Waals surface area (Å²) in [4.78, 5) is 11.1. The highest BCUT2D eigenvalue weighted by Crippen LogP contribution is 2.36. The fourth-order valence-corrected chi connectivity index (χ4v) is 4.47. The van der Waals surface area contributed by atoms with Crippen LogP contribution >= 0.6 is 11.3 Å². The van der Waals surface area contributed by atoms with Crippen LogP contribution in [0.5, 0.6) is 5.75 Å². The zero-order valence-corrected chi connectivity index (χ0v) is 15.9. The molecule has 0 saturated heterocycles. The Balaban J connectivity index is 2.47. The topological polar surface area (TPSA) is 81.7 Å². The number of carbonyl (C=O) groups is 1. The molecule has 0 aliphatic carbocycles. The number of hydrogen-bond acceptors (Lipinski definition) is 6. The molecule has 2 aromatic rings. The summed E-state index contributed by atoms with van der Waals surface area (Å²) < 4.78 is 76.2. The van der Waals surface area contributed by atoms with E-state index >= 15 is 0 Å². The van der Waals surface area contributed by atoms with Crippen molar-refractivity contribution in [1.82, 2.24) is 0 Å². The second kappa shape index (κ2) is 8.17. The lowest BCUT2D eigenvalue weighted by Gasteiger charge is -2.16. The van der Waals surface area contributed by atoms with Crippen molar-refractivity contribution in [1.29, 1.82) is 0 Å². The molecule has 0 aliphatic rings. The lowest BCUT2D eigenvalue weighted by molar-refractivity contribution is -0.137. The first-order chi connectivity index (χ1) is 12.6. The van der Waals surface area contributed by atoms with Gasteiger partial charge >= 0.3 is 12.1 Å². The highest BCUT2D eigenvalue weighted by molar-refractivity contribution is 7.93. The molecule has 2 rings (SSSR count). The van der Waals surface area contributed by atoms with E-state index in [-0.39, 0.29) is 22.9 Å². The third kappa shape index (κ3) is 4.92.